The van der Waals surface area contributed by atoms with Crippen molar-refractivity contribution < 1.29 is 0 Å². The quantitative estimate of drug-likeness (QED) is 0.808. The lowest BCUT2D eigenvalue weighted by molar-refractivity contribution is 0.161. The van der Waals surface area contributed by atoms with Gasteiger partial charge in [0.2, 0.25) is 0 Å². The van der Waals surface area contributed by atoms with E-state index in [1.807, 2.05) is 0 Å². The summed E-state index contributed by atoms with van der Waals surface area (Å²) in [5.74, 6) is 0.901. The van der Waals surface area contributed by atoms with Gasteiger partial charge in [-0.1, -0.05) is 26.7 Å². The van der Waals surface area contributed by atoms with Crippen molar-refractivity contribution in [2.45, 2.75) is 65.3 Å². The van der Waals surface area contributed by atoms with Gasteiger partial charge < -0.3 is 10.2 Å². The van der Waals surface area contributed by atoms with Crippen LogP contribution in [-0.2, 0) is 0 Å². The van der Waals surface area contributed by atoms with Crippen molar-refractivity contribution in [2.24, 2.45) is 11.3 Å². The zero-order chi connectivity index (χ0) is 13.0. The second-order valence-corrected chi connectivity index (χ2v) is 6.96. The monoisotopic (exact) mass is 252 g/mol. The fourth-order valence-electron chi connectivity index (χ4n) is 3.75. The molecule has 1 heterocycles. The summed E-state index contributed by atoms with van der Waals surface area (Å²) in [5.41, 5.74) is 0.596. The summed E-state index contributed by atoms with van der Waals surface area (Å²) in [6.07, 6.45) is 8.53. The molecule has 1 saturated carbocycles. The normalized spacial score (nSPS) is 27.5. The summed E-state index contributed by atoms with van der Waals surface area (Å²) in [5, 5.41) is 3.85. The third-order valence-electron chi connectivity index (χ3n) is 5.45. The van der Waals surface area contributed by atoms with Crippen molar-refractivity contribution in [2.75, 3.05) is 26.2 Å². The minimum atomic E-state index is 0.596. The number of rotatable bonds is 5. The van der Waals surface area contributed by atoms with E-state index in [0.717, 1.165) is 5.92 Å². The molecule has 2 rings (SSSR count). The molecule has 0 bridgehead atoms. The van der Waals surface area contributed by atoms with Gasteiger partial charge in [-0.05, 0) is 63.6 Å². The second kappa shape index (κ2) is 6.38. The number of nitrogens with zero attached hydrogens (tertiary/aromatic N) is 1. The van der Waals surface area contributed by atoms with Gasteiger partial charge in [0, 0.05) is 12.6 Å². The van der Waals surface area contributed by atoms with Crippen LogP contribution < -0.4 is 5.32 Å². The topological polar surface area (TPSA) is 15.3 Å². The Labute approximate surface area is 114 Å². The Kier molecular flexibility index (Phi) is 5.08. The molecule has 2 fully saturated rings. The molecule has 1 aliphatic heterocycles. The van der Waals surface area contributed by atoms with Crippen molar-refractivity contribution in [3.8, 4) is 0 Å². The fraction of sp³-hybridized carbons (Fsp3) is 1.00. The predicted molar refractivity (Wildman–Crippen MR) is 78.9 cm³/mol. The van der Waals surface area contributed by atoms with Gasteiger partial charge in [-0.3, -0.25) is 0 Å². The van der Waals surface area contributed by atoms with Gasteiger partial charge in [-0.2, -0.15) is 0 Å². The molecule has 2 nitrogen and oxygen atoms in total. The Bertz CT molecular complexity index is 237. The van der Waals surface area contributed by atoms with E-state index in [0.29, 0.717) is 11.5 Å². The first-order valence-electron chi connectivity index (χ1n) is 8.09. The molecule has 0 aromatic heterocycles. The van der Waals surface area contributed by atoms with Crippen LogP contribution in [0.1, 0.15) is 59.3 Å². The summed E-state index contributed by atoms with van der Waals surface area (Å²) in [4.78, 5) is 2.58. The van der Waals surface area contributed by atoms with E-state index in [9.17, 15) is 0 Å². The molecule has 1 saturated heterocycles. The molecule has 1 unspecified atom stereocenters. The van der Waals surface area contributed by atoms with Gasteiger partial charge >= 0.3 is 0 Å². The highest BCUT2D eigenvalue weighted by Gasteiger charge is 2.30. The van der Waals surface area contributed by atoms with Crippen molar-refractivity contribution in [1.29, 1.82) is 0 Å². The van der Waals surface area contributed by atoms with Crippen LogP contribution in [0, 0.1) is 11.3 Å². The van der Waals surface area contributed by atoms with Crippen molar-refractivity contribution >= 4 is 0 Å². The van der Waals surface area contributed by atoms with Crippen LogP contribution in [0.15, 0.2) is 0 Å². The molecule has 18 heavy (non-hydrogen) atoms. The Morgan fingerprint density at radius 2 is 1.83 bits per heavy atom. The Balaban J connectivity index is 1.70. The standard InChI is InChI=1S/C16H32N2/c1-4-18-11-7-15(8-12-18)14(2)17-13-16(3)9-5-6-10-16/h14-15,17H,4-13H2,1-3H3. The highest BCUT2D eigenvalue weighted by molar-refractivity contribution is 4.85. The van der Waals surface area contributed by atoms with Crippen molar-refractivity contribution in [1.82, 2.24) is 10.2 Å². The minimum Gasteiger partial charge on any atom is -0.313 e. The van der Waals surface area contributed by atoms with Crippen LogP contribution in [0.2, 0.25) is 0 Å². The largest absolute Gasteiger partial charge is 0.313 e. The van der Waals surface area contributed by atoms with Gasteiger partial charge in [0.15, 0.2) is 0 Å². The summed E-state index contributed by atoms with van der Waals surface area (Å²) in [6, 6.07) is 0.710. The van der Waals surface area contributed by atoms with Crippen LogP contribution in [0.25, 0.3) is 0 Å². The zero-order valence-corrected chi connectivity index (χ0v) is 12.7. The van der Waals surface area contributed by atoms with E-state index in [2.05, 4.69) is 31.0 Å². The third kappa shape index (κ3) is 3.71. The van der Waals surface area contributed by atoms with Crippen molar-refractivity contribution in [3.63, 3.8) is 0 Å². The molecular formula is C16H32N2. The molecule has 2 aliphatic rings. The average molecular weight is 252 g/mol. The SMILES string of the molecule is CCN1CCC(C(C)NCC2(C)CCCC2)CC1. The van der Waals surface area contributed by atoms with E-state index < -0.39 is 0 Å². The molecule has 0 radical (unpaired) electrons. The van der Waals surface area contributed by atoms with E-state index in [1.165, 1.54) is 64.7 Å². The lowest BCUT2D eigenvalue weighted by atomic mass is 9.86. The molecule has 0 amide bonds. The van der Waals surface area contributed by atoms with Gasteiger partial charge in [-0.25, -0.2) is 0 Å². The Hall–Kier alpha value is -0.0800. The maximum atomic E-state index is 3.85. The number of likely N-dealkylation sites (tertiary alicyclic amines) is 1. The highest BCUT2D eigenvalue weighted by Crippen LogP contribution is 2.37. The molecule has 0 aromatic rings. The minimum absolute atomic E-state index is 0.596. The average Bonchev–Trinajstić information content (AvgIpc) is 2.83. The van der Waals surface area contributed by atoms with Gasteiger partial charge in [-0.15, -0.1) is 0 Å². The number of hydrogen-bond acceptors (Lipinski definition) is 2. The van der Waals surface area contributed by atoms with E-state index >= 15 is 0 Å². The molecule has 1 aliphatic carbocycles. The number of nitrogens with one attached hydrogen (secondary N) is 1. The molecule has 1 N–H and O–H groups in total. The third-order valence-corrected chi connectivity index (χ3v) is 5.45. The van der Waals surface area contributed by atoms with E-state index in [-0.39, 0.29) is 0 Å². The lowest BCUT2D eigenvalue weighted by Crippen LogP contribution is -2.44. The first-order valence-corrected chi connectivity index (χ1v) is 8.09. The van der Waals surface area contributed by atoms with E-state index in [4.69, 9.17) is 0 Å². The van der Waals surface area contributed by atoms with Gasteiger partial charge in [0.05, 0.1) is 0 Å². The number of piperidine rings is 1. The summed E-state index contributed by atoms with van der Waals surface area (Å²) in [6.45, 7) is 12.2. The fourth-order valence-corrected chi connectivity index (χ4v) is 3.75. The molecule has 0 spiro atoms. The van der Waals surface area contributed by atoms with Crippen LogP contribution >= 0.6 is 0 Å². The summed E-state index contributed by atoms with van der Waals surface area (Å²) in [7, 11) is 0. The maximum absolute atomic E-state index is 3.85. The Morgan fingerprint density at radius 3 is 2.39 bits per heavy atom. The molecule has 1 atom stereocenters. The molecule has 2 heteroatoms. The van der Waals surface area contributed by atoms with Crippen LogP contribution in [0.5, 0.6) is 0 Å². The smallest absolute Gasteiger partial charge is 0.00681 e. The highest BCUT2D eigenvalue weighted by atomic mass is 15.1. The first-order chi connectivity index (χ1) is 8.63. The molecular weight excluding hydrogens is 220 g/mol. The predicted octanol–water partition coefficient (Wildman–Crippen LogP) is 3.28. The molecule has 106 valence electrons. The van der Waals surface area contributed by atoms with Crippen LogP contribution in [-0.4, -0.2) is 37.1 Å². The maximum Gasteiger partial charge on any atom is 0.00681 e. The van der Waals surface area contributed by atoms with Crippen LogP contribution in [0.4, 0.5) is 0 Å². The summed E-state index contributed by atoms with van der Waals surface area (Å²) < 4.78 is 0. The van der Waals surface area contributed by atoms with Gasteiger partial charge in [0.25, 0.3) is 0 Å². The Morgan fingerprint density at radius 1 is 1.22 bits per heavy atom. The van der Waals surface area contributed by atoms with Crippen LogP contribution in [0.3, 0.4) is 0 Å². The van der Waals surface area contributed by atoms with Gasteiger partial charge in [0.1, 0.15) is 0 Å². The van der Waals surface area contributed by atoms with E-state index in [1.54, 1.807) is 0 Å². The van der Waals surface area contributed by atoms with Crippen molar-refractivity contribution in [3.05, 3.63) is 0 Å². The molecule has 0 aromatic carbocycles. The lowest BCUT2D eigenvalue weighted by Gasteiger charge is -2.36. The first kappa shape index (κ1) is 14.3. The number of hydrogen-bond donors (Lipinski definition) is 1. The summed E-state index contributed by atoms with van der Waals surface area (Å²) >= 11 is 0. The second-order valence-electron chi connectivity index (χ2n) is 6.96. The zero-order valence-electron chi connectivity index (χ0n) is 12.7.